The predicted octanol–water partition coefficient (Wildman–Crippen LogP) is 5.18. The summed E-state index contributed by atoms with van der Waals surface area (Å²) >= 11 is 5.95. The molecule has 1 saturated heterocycles. The number of aromatic amines is 1. The van der Waals surface area contributed by atoms with E-state index in [-0.39, 0.29) is 11.2 Å². The molecule has 0 unspecified atom stereocenters. The summed E-state index contributed by atoms with van der Waals surface area (Å²) < 4.78 is 6.17. The maximum atomic E-state index is 6.17. The molecule has 4 heteroatoms. The van der Waals surface area contributed by atoms with E-state index in [0.29, 0.717) is 5.92 Å². The number of rotatable bonds is 2. The first kappa shape index (κ1) is 15.6. The summed E-state index contributed by atoms with van der Waals surface area (Å²) in [5.41, 5.74) is 3.01. The molecule has 3 nitrogen and oxygen atoms in total. The van der Waals surface area contributed by atoms with E-state index >= 15 is 0 Å². The maximum absolute atomic E-state index is 6.17. The lowest BCUT2D eigenvalue weighted by atomic mass is 9.79. The second kappa shape index (κ2) is 5.39. The highest BCUT2D eigenvalue weighted by Gasteiger charge is 2.40. The minimum Gasteiger partial charge on any atom is -0.370 e. The molecule has 3 rings (SSSR count). The van der Waals surface area contributed by atoms with Gasteiger partial charge in [-0.25, -0.2) is 0 Å². The summed E-state index contributed by atoms with van der Waals surface area (Å²) in [7, 11) is 0. The molecule has 1 aliphatic heterocycles. The molecule has 1 aromatic carbocycles. The molecule has 0 aliphatic carbocycles. The fourth-order valence-electron chi connectivity index (χ4n) is 3.62. The Morgan fingerprint density at radius 2 is 1.68 bits per heavy atom. The summed E-state index contributed by atoms with van der Waals surface area (Å²) in [6.45, 7) is 8.66. The van der Waals surface area contributed by atoms with Crippen LogP contribution >= 0.6 is 11.6 Å². The molecule has 1 N–H and O–H groups in total. The van der Waals surface area contributed by atoms with Crippen molar-refractivity contribution in [2.24, 2.45) is 0 Å². The highest BCUT2D eigenvalue weighted by atomic mass is 35.5. The number of H-pyrrole nitrogens is 1. The Kier molecular flexibility index (Phi) is 3.82. The molecule has 0 amide bonds. The minimum absolute atomic E-state index is 0.113. The van der Waals surface area contributed by atoms with Crippen molar-refractivity contribution in [1.82, 2.24) is 10.2 Å². The highest BCUT2D eigenvalue weighted by molar-refractivity contribution is 6.30. The van der Waals surface area contributed by atoms with Gasteiger partial charge in [0.05, 0.1) is 16.9 Å². The first-order valence-electron chi connectivity index (χ1n) is 7.76. The van der Waals surface area contributed by atoms with Gasteiger partial charge in [0.2, 0.25) is 0 Å². The molecule has 0 bridgehead atoms. The van der Waals surface area contributed by atoms with Gasteiger partial charge >= 0.3 is 0 Å². The average molecular weight is 319 g/mol. The summed E-state index contributed by atoms with van der Waals surface area (Å²) in [5.74, 6) is 0.437. The van der Waals surface area contributed by atoms with Gasteiger partial charge in [-0.3, -0.25) is 5.10 Å². The lowest BCUT2D eigenvalue weighted by Gasteiger charge is -2.45. The summed E-state index contributed by atoms with van der Waals surface area (Å²) in [6, 6.07) is 9.95. The third kappa shape index (κ3) is 3.36. The molecule has 0 radical (unpaired) electrons. The zero-order chi connectivity index (χ0) is 16.0. The predicted molar refractivity (Wildman–Crippen MR) is 90.3 cm³/mol. The third-order valence-electron chi connectivity index (χ3n) is 4.21. The zero-order valence-corrected chi connectivity index (χ0v) is 14.4. The number of ether oxygens (including phenoxy) is 1. The monoisotopic (exact) mass is 318 g/mol. The fourth-order valence-corrected chi connectivity index (χ4v) is 3.75. The van der Waals surface area contributed by atoms with E-state index < -0.39 is 0 Å². The molecular formula is C18H23ClN2O. The quantitative estimate of drug-likeness (QED) is 0.828. The summed E-state index contributed by atoms with van der Waals surface area (Å²) in [4.78, 5) is 0. The van der Waals surface area contributed by atoms with Crippen LogP contribution in [0.25, 0.3) is 11.3 Å². The molecule has 22 heavy (non-hydrogen) atoms. The first-order valence-corrected chi connectivity index (χ1v) is 8.13. The van der Waals surface area contributed by atoms with Crippen molar-refractivity contribution in [3.8, 4) is 11.3 Å². The Bertz CT molecular complexity index is 642. The van der Waals surface area contributed by atoms with Crippen molar-refractivity contribution in [3.63, 3.8) is 0 Å². The van der Waals surface area contributed by atoms with Crippen molar-refractivity contribution in [2.75, 3.05) is 0 Å². The van der Waals surface area contributed by atoms with E-state index in [1.54, 1.807) is 0 Å². The van der Waals surface area contributed by atoms with Crippen LogP contribution in [0.15, 0.2) is 30.3 Å². The van der Waals surface area contributed by atoms with Crippen molar-refractivity contribution in [1.29, 1.82) is 0 Å². The fraction of sp³-hybridized carbons (Fsp3) is 0.500. The number of hydrogen-bond donors (Lipinski definition) is 1. The molecule has 0 spiro atoms. The standard InChI is InChI=1S/C18H23ClN2O/c1-17(2)10-13(11-18(3,4)22-17)16-9-15(20-21-16)12-5-7-14(19)8-6-12/h5-9,13H,10-11H2,1-4H3,(H,20,21). The van der Waals surface area contributed by atoms with E-state index in [9.17, 15) is 0 Å². The Labute approximate surface area is 137 Å². The van der Waals surface area contributed by atoms with Crippen LogP contribution in [-0.4, -0.2) is 21.4 Å². The SMILES string of the molecule is CC1(C)CC(c2cc(-c3ccc(Cl)cc3)n[nH]2)CC(C)(C)O1. The van der Waals surface area contributed by atoms with Gasteiger partial charge in [-0.05, 0) is 58.7 Å². The second-order valence-corrected chi connectivity index (χ2v) is 7.88. The third-order valence-corrected chi connectivity index (χ3v) is 4.46. The Balaban J connectivity index is 1.85. The Hall–Kier alpha value is -1.32. The molecular weight excluding hydrogens is 296 g/mol. The van der Waals surface area contributed by atoms with Crippen molar-refractivity contribution >= 4 is 11.6 Å². The lowest BCUT2D eigenvalue weighted by Crippen LogP contribution is -2.44. The summed E-state index contributed by atoms with van der Waals surface area (Å²) in [5, 5.41) is 8.45. The van der Waals surface area contributed by atoms with E-state index in [0.717, 1.165) is 29.1 Å². The van der Waals surface area contributed by atoms with E-state index in [2.05, 4.69) is 44.0 Å². The van der Waals surface area contributed by atoms with Crippen LogP contribution in [0.2, 0.25) is 5.02 Å². The Morgan fingerprint density at radius 3 is 2.27 bits per heavy atom. The largest absolute Gasteiger partial charge is 0.370 e. The number of aromatic nitrogens is 2. The van der Waals surface area contributed by atoms with Crippen LogP contribution in [0.5, 0.6) is 0 Å². The van der Waals surface area contributed by atoms with Crippen LogP contribution in [0.1, 0.15) is 52.1 Å². The summed E-state index contributed by atoms with van der Waals surface area (Å²) in [6.07, 6.45) is 2.00. The van der Waals surface area contributed by atoms with E-state index in [1.807, 2.05) is 24.3 Å². The second-order valence-electron chi connectivity index (χ2n) is 7.44. The normalized spacial score (nSPS) is 21.0. The van der Waals surface area contributed by atoms with E-state index in [1.165, 1.54) is 5.69 Å². The van der Waals surface area contributed by atoms with Gasteiger partial charge in [0, 0.05) is 22.2 Å². The number of hydrogen-bond acceptors (Lipinski definition) is 2. The number of nitrogens with one attached hydrogen (secondary N) is 1. The molecule has 1 aromatic heterocycles. The number of benzene rings is 1. The van der Waals surface area contributed by atoms with Gasteiger partial charge in [0.15, 0.2) is 0 Å². The van der Waals surface area contributed by atoms with Gasteiger partial charge in [-0.2, -0.15) is 5.10 Å². The van der Waals surface area contributed by atoms with Gasteiger partial charge in [-0.1, -0.05) is 23.7 Å². The number of nitrogens with zero attached hydrogens (tertiary/aromatic N) is 1. The number of halogens is 1. The molecule has 0 atom stereocenters. The minimum atomic E-state index is -0.113. The van der Waals surface area contributed by atoms with Gasteiger partial charge in [-0.15, -0.1) is 0 Å². The smallest absolute Gasteiger partial charge is 0.0923 e. The maximum Gasteiger partial charge on any atom is 0.0923 e. The van der Waals surface area contributed by atoms with Gasteiger partial charge in [0.1, 0.15) is 0 Å². The van der Waals surface area contributed by atoms with Gasteiger partial charge < -0.3 is 4.74 Å². The van der Waals surface area contributed by atoms with Crippen LogP contribution in [0.3, 0.4) is 0 Å². The van der Waals surface area contributed by atoms with Crippen molar-refractivity contribution < 1.29 is 4.74 Å². The average Bonchev–Trinajstić information content (AvgIpc) is 2.85. The molecule has 2 heterocycles. The molecule has 0 saturated carbocycles. The molecule has 118 valence electrons. The van der Waals surface area contributed by atoms with Crippen LogP contribution in [-0.2, 0) is 4.74 Å². The van der Waals surface area contributed by atoms with Crippen molar-refractivity contribution in [3.05, 3.63) is 41.0 Å². The lowest BCUT2D eigenvalue weighted by molar-refractivity contribution is -0.162. The first-order chi connectivity index (χ1) is 10.2. The van der Waals surface area contributed by atoms with Crippen LogP contribution in [0.4, 0.5) is 0 Å². The van der Waals surface area contributed by atoms with Crippen molar-refractivity contribution in [2.45, 2.75) is 57.7 Å². The molecule has 2 aromatic rings. The molecule has 1 fully saturated rings. The molecule has 1 aliphatic rings. The van der Waals surface area contributed by atoms with Gasteiger partial charge in [0.25, 0.3) is 0 Å². The van der Waals surface area contributed by atoms with E-state index in [4.69, 9.17) is 16.3 Å². The highest BCUT2D eigenvalue weighted by Crippen LogP contribution is 2.43. The van der Waals surface area contributed by atoms with Crippen LogP contribution in [0, 0.1) is 0 Å². The van der Waals surface area contributed by atoms with Crippen LogP contribution < -0.4 is 0 Å². The Morgan fingerprint density at radius 1 is 1.09 bits per heavy atom. The zero-order valence-electron chi connectivity index (χ0n) is 13.6. The topological polar surface area (TPSA) is 37.9 Å².